The molecule has 4 aromatic rings. The summed E-state index contributed by atoms with van der Waals surface area (Å²) in [4.78, 5) is 17.8. The van der Waals surface area contributed by atoms with E-state index < -0.39 is 21.2 Å². The molecule has 5 heteroatoms. The highest BCUT2D eigenvalue weighted by molar-refractivity contribution is 5.81. The van der Waals surface area contributed by atoms with E-state index in [-0.39, 0.29) is 17.4 Å². The van der Waals surface area contributed by atoms with E-state index in [9.17, 15) is 9.90 Å². The zero-order chi connectivity index (χ0) is 18.8. The van der Waals surface area contributed by atoms with E-state index in [0.717, 1.165) is 9.13 Å². The van der Waals surface area contributed by atoms with E-state index in [1.807, 2.05) is 73.7 Å². The molecule has 0 fully saturated rings. The third kappa shape index (κ3) is 3.35. The third-order valence-corrected chi connectivity index (χ3v) is 7.34. The van der Waals surface area contributed by atoms with Crippen molar-refractivity contribution in [3.8, 4) is 5.75 Å². The van der Waals surface area contributed by atoms with Gasteiger partial charge in [0.2, 0.25) is 0 Å². The Kier molecular flexibility index (Phi) is 4.94. The van der Waals surface area contributed by atoms with Crippen molar-refractivity contribution in [3.05, 3.63) is 102 Å². The fourth-order valence-corrected chi connectivity index (χ4v) is 5.54. The molecule has 0 aliphatic heterocycles. The second-order valence-electron chi connectivity index (χ2n) is 6.19. The molecule has 2 aromatic heterocycles. The number of aromatic hydroxyl groups is 1. The fourth-order valence-electron chi connectivity index (χ4n) is 3.11. The maximum Gasteiger partial charge on any atom is 0.368 e. The van der Waals surface area contributed by atoms with Crippen molar-refractivity contribution in [2.45, 2.75) is 13.0 Å². The average molecular weight is 469 g/mol. The van der Waals surface area contributed by atoms with Crippen LogP contribution in [-0.4, -0.2) is 14.7 Å². The van der Waals surface area contributed by atoms with Crippen molar-refractivity contribution in [2.75, 3.05) is 0 Å². The van der Waals surface area contributed by atoms with Gasteiger partial charge in [-0.1, -0.05) is 48.5 Å². The van der Waals surface area contributed by atoms with Crippen LogP contribution in [0.3, 0.4) is 0 Å². The molecule has 1 unspecified atom stereocenters. The highest BCUT2D eigenvalue weighted by Crippen LogP contribution is 2.25. The molecule has 0 bridgehead atoms. The Balaban J connectivity index is 1.96. The molecule has 1 N–H and O–H groups in total. The van der Waals surface area contributed by atoms with Crippen LogP contribution in [0.5, 0.6) is 5.75 Å². The average Bonchev–Trinajstić information content (AvgIpc) is 2.72. The molecule has 4 rings (SSSR count). The predicted octanol–water partition coefficient (Wildman–Crippen LogP) is 0.840. The van der Waals surface area contributed by atoms with Gasteiger partial charge in [-0.15, -0.1) is 0 Å². The number of fused-ring (bicyclic) bond motifs is 1. The van der Waals surface area contributed by atoms with Gasteiger partial charge in [-0.3, -0.25) is 9.36 Å². The lowest BCUT2D eigenvalue weighted by atomic mass is 10.1. The zero-order valence-electron chi connectivity index (χ0n) is 14.7. The Hall–Kier alpha value is -2.67. The highest BCUT2D eigenvalue weighted by atomic mass is 127. The molecule has 0 aliphatic rings. The number of hydrogen-bond donors (Lipinski definition) is 1. The first-order valence-electron chi connectivity index (χ1n) is 8.64. The molecule has 0 radical (unpaired) electrons. The molecule has 4 nitrogen and oxygen atoms in total. The molecule has 0 saturated carbocycles. The maximum atomic E-state index is 13.4. The molecular weight excluding hydrogens is 451 g/mol. The van der Waals surface area contributed by atoms with Gasteiger partial charge in [0, 0.05) is 6.20 Å². The molecule has 1 atom stereocenters. The standard InChI is InChI=1S/C22H17IN2O2/c1-15(16-9-4-2-5-10-16)25-21-18(13-8-14-24-21)20(26)19(22(25)27)23-17-11-6-3-7-12-17/h2-15H,1H3/p+1. The van der Waals surface area contributed by atoms with E-state index in [4.69, 9.17) is 0 Å². The molecule has 2 aromatic carbocycles. The number of aromatic nitrogens is 2. The van der Waals surface area contributed by atoms with Gasteiger partial charge in [0.25, 0.3) is 0 Å². The van der Waals surface area contributed by atoms with Crippen molar-refractivity contribution >= 4 is 11.0 Å². The summed E-state index contributed by atoms with van der Waals surface area (Å²) in [5.74, 6) is 0.0660. The van der Waals surface area contributed by atoms with E-state index in [1.54, 1.807) is 16.8 Å². The Bertz CT molecular complexity index is 1140. The van der Waals surface area contributed by atoms with Crippen LogP contribution >= 0.6 is 0 Å². The number of hydrogen-bond acceptors (Lipinski definition) is 3. The van der Waals surface area contributed by atoms with Crippen molar-refractivity contribution in [2.24, 2.45) is 0 Å². The smallest absolute Gasteiger partial charge is 0.368 e. The molecule has 0 aliphatic carbocycles. The largest absolute Gasteiger partial charge is 0.503 e. The number of rotatable bonds is 4. The number of pyridine rings is 2. The maximum absolute atomic E-state index is 13.4. The van der Waals surface area contributed by atoms with Gasteiger partial charge >= 0.3 is 30.3 Å². The van der Waals surface area contributed by atoms with E-state index in [2.05, 4.69) is 4.98 Å². The van der Waals surface area contributed by atoms with Gasteiger partial charge < -0.3 is 5.11 Å². The Labute approximate surface area is 167 Å². The van der Waals surface area contributed by atoms with Crippen molar-refractivity contribution < 1.29 is 26.3 Å². The van der Waals surface area contributed by atoms with Gasteiger partial charge in [-0.25, -0.2) is 4.98 Å². The van der Waals surface area contributed by atoms with Crippen molar-refractivity contribution in [3.63, 3.8) is 0 Å². The van der Waals surface area contributed by atoms with Crippen molar-refractivity contribution in [1.29, 1.82) is 0 Å². The summed E-state index contributed by atoms with van der Waals surface area (Å²) < 4.78 is 3.30. The Morgan fingerprint density at radius 3 is 2.33 bits per heavy atom. The second kappa shape index (κ2) is 7.52. The van der Waals surface area contributed by atoms with Crippen LogP contribution in [0.2, 0.25) is 0 Å². The summed E-state index contributed by atoms with van der Waals surface area (Å²) in [5, 5.41) is 11.5. The van der Waals surface area contributed by atoms with Crippen LogP contribution in [0.1, 0.15) is 18.5 Å². The monoisotopic (exact) mass is 469 g/mol. The summed E-state index contributed by atoms with van der Waals surface area (Å²) in [5.41, 5.74) is 1.38. The SMILES string of the molecule is CC(c1ccccc1)n1c(=O)c([I+]c2ccccc2)c(O)c2cccnc21. The molecule has 27 heavy (non-hydrogen) atoms. The van der Waals surface area contributed by atoms with Crippen molar-refractivity contribution in [1.82, 2.24) is 9.55 Å². The number of benzene rings is 2. The Morgan fingerprint density at radius 1 is 0.963 bits per heavy atom. The quantitative estimate of drug-likeness (QED) is 0.451. The van der Waals surface area contributed by atoms with Crippen LogP contribution in [0, 0.1) is 7.14 Å². The molecule has 0 amide bonds. The summed E-state index contributed by atoms with van der Waals surface area (Å²) in [6.07, 6.45) is 1.65. The third-order valence-electron chi connectivity index (χ3n) is 4.49. The highest BCUT2D eigenvalue weighted by Gasteiger charge is 2.30. The second-order valence-corrected chi connectivity index (χ2v) is 9.05. The van der Waals surface area contributed by atoms with Gasteiger partial charge in [-0.05, 0) is 36.8 Å². The van der Waals surface area contributed by atoms with Gasteiger partial charge in [0.15, 0.2) is 9.32 Å². The zero-order valence-corrected chi connectivity index (χ0v) is 16.9. The van der Waals surface area contributed by atoms with Crippen LogP contribution in [0.15, 0.2) is 83.8 Å². The van der Waals surface area contributed by atoms with E-state index >= 15 is 0 Å². The van der Waals surface area contributed by atoms with E-state index in [1.165, 1.54) is 0 Å². The molecule has 0 spiro atoms. The summed E-state index contributed by atoms with van der Waals surface area (Å²) >= 11 is -0.813. The Morgan fingerprint density at radius 2 is 1.63 bits per heavy atom. The molecule has 134 valence electrons. The topological polar surface area (TPSA) is 55.1 Å². The minimum atomic E-state index is -0.813. The number of halogens is 1. The first-order chi connectivity index (χ1) is 13.2. The van der Waals surface area contributed by atoms with Gasteiger partial charge in [0.05, 0.1) is 11.4 Å². The van der Waals surface area contributed by atoms with Gasteiger partial charge in [0.1, 0.15) is 5.65 Å². The summed E-state index contributed by atoms with van der Waals surface area (Å²) in [6, 6.07) is 23.2. The first-order valence-corrected chi connectivity index (χ1v) is 10.8. The summed E-state index contributed by atoms with van der Waals surface area (Å²) in [6.45, 7) is 1.99. The van der Waals surface area contributed by atoms with Crippen LogP contribution in [0.4, 0.5) is 0 Å². The predicted molar refractivity (Wildman–Crippen MR) is 102 cm³/mol. The lowest BCUT2D eigenvalue weighted by Crippen LogP contribution is -3.62. The lowest BCUT2D eigenvalue weighted by molar-refractivity contribution is -0.600. The van der Waals surface area contributed by atoms with Crippen LogP contribution in [0.25, 0.3) is 11.0 Å². The fraction of sp³-hybridized carbons (Fsp3) is 0.0909. The molecule has 0 saturated heterocycles. The minimum Gasteiger partial charge on any atom is -0.503 e. The first kappa shape index (κ1) is 17.7. The van der Waals surface area contributed by atoms with E-state index in [0.29, 0.717) is 14.6 Å². The van der Waals surface area contributed by atoms with Gasteiger partial charge in [-0.2, -0.15) is 0 Å². The van der Waals surface area contributed by atoms with Crippen LogP contribution < -0.4 is 26.8 Å². The molecular formula is C22H18IN2O2+. The lowest BCUT2D eigenvalue weighted by Gasteiger charge is -2.18. The summed E-state index contributed by atoms with van der Waals surface area (Å²) in [7, 11) is 0. The van der Waals surface area contributed by atoms with Crippen LogP contribution in [-0.2, 0) is 0 Å². The molecule has 2 heterocycles. The minimum absolute atomic E-state index is 0.0660. The normalized spacial score (nSPS) is 12.2. The number of nitrogens with zero attached hydrogens (tertiary/aromatic N) is 2.